The Morgan fingerprint density at radius 1 is 1.07 bits per heavy atom. The molecule has 0 bridgehead atoms. The molecule has 0 saturated carbocycles. The molecule has 1 aliphatic rings. The molecular formula is C20H20N4O3. The molecule has 4 amide bonds. The lowest BCUT2D eigenvalue weighted by Gasteiger charge is -2.26. The van der Waals surface area contributed by atoms with Crippen LogP contribution in [0.3, 0.4) is 0 Å². The minimum absolute atomic E-state index is 0.103. The molecule has 2 heterocycles. The van der Waals surface area contributed by atoms with E-state index in [1.165, 1.54) is 18.5 Å². The van der Waals surface area contributed by atoms with Crippen LogP contribution in [0.5, 0.6) is 0 Å². The zero-order valence-electron chi connectivity index (χ0n) is 15.2. The molecule has 3 rings (SSSR count). The Kier molecular flexibility index (Phi) is 5.30. The predicted octanol–water partition coefficient (Wildman–Crippen LogP) is 2.59. The number of aromatic nitrogens is 1. The molecule has 2 aromatic rings. The van der Waals surface area contributed by atoms with Crippen molar-refractivity contribution in [2.75, 3.05) is 22.9 Å². The van der Waals surface area contributed by atoms with Gasteiger partial charge in [0, 0.05) is 25.0 Å². The van der Waals surface area contributed by atoms with Crippen molar-refractivity contribution < 1.29 is 14.4 Å². The molecule has 0 radical (unpaired) electrons. The third kappa shape index (κ3) is 3.72. The number of pyridine rings is 1. The molecule has 27 heavy (non-hydrogen) atoms. The Labute approximate surface area is 157 Å². The molecule has 1 N–H and O–H groups in total. The monoisotopic (exact) mass is 364 g/mol. The minimum Gasteiger partial charge on any atom is -0.372 e. The molecule has 138 valence electrons. The quantitative estimate of drug-likeness (QED) is 0.651. The number of urea groups is 1. The van der Waals surface area contributed by atoms with E-state index < -0.39 is 17.8 Å². The summed E-state index contributed by atoms with van der Waals surface area (Å²) in [6.45, 7) is 5.93. The molecule has 1 aliphatic heterocycles. The zero-order valence-corrected chi connectivity index (χ0v) is 15.2. The summed E-state index contributed by atoms with van der Waals surface area (Å²) < 4.78 is 0. The second-order valence-electron chi connectivity index (χ2n) is 5.93. The highest BCUT2D eigenvalue weighted by molar-refractivity contribution is 6.39. The lowest BCUT2D eigenvalue weighted by atomic mass is 10.1. The summed E-state index contributed by atoms with van der Waals surface area (Å²) in [6.07, 6.45) is 4.42. The Bertz CT molecular complexity index is 887. The largest absolute Gasteiger partial charge is 0.372 e. The summed E-state index contributed by atoms with van der Waals surface area (Å²) in [5.74, 6) is -1.39. The van der Waals surface area contributed by atoms with Gasteiger partial charge in [0.05, 0.1) is 11.9 Å². The number of amides is 4. The molecule has 1 aromatic heterocycles. The van der Waals surface area contributed by atoms with E-state index in [2.05, 4.69) is 29.0 Å². The van der Waals surface area contributed by atoms with Gasteiger partial charge >= 0.3 is 6.03 Å². The van der Waals surface area contributed by atoms with Crippen LogP contribution in [0.2, 0.25) is 0 Å². The van der Waals surface area contributed by atoms with Crippen LogP contribution in [0.1, 0.15) is 19.4 Å². The molecule has 0 unspecified atom stereocenters. The zero-order chi connectivity index (χ0) is 19.4. The number of carbonyl (C=O) groups excluding carboxylic acids is 3. The van der Waals surface area contributed by atoms with Crippen molar-refractivity contribution in [2.45, 2.75) is 13.8 Å². The van der Waals surface area contributed by atoms with Gasteiger partial charge in [0.1, 0.15) is 5.57 Å². The van der Waals surface area contributed by atoms with Crippen molar-refractivity contribution in [3.63, 3.8) is 0 Å². The van der Waals surface area contributed by atoms with Crippen LogP contribution in [-0.4, -0.2) is 35.9 Å². The normalized spacial score (nSPS) is 15.9. The number of hydrogen-bond donors (Lipinski definition) is 1. The van der Waals surface area contributed by atoms with Crippen molar-refractivity contribution in [3.8, 4) is 0 Å². The highest BCUT2D eigenvalue weighted by Gasteiger charge is 2.36. The number of imide groups is 2. The fourth-order valence-electron chi connectivity index (χ4n) is 2.91. The van der Waals surface area contributed by atoms with E-state index in [9.17, 15) is 14.4 Å². The van der Waals surface area contributed by atoms with Crippen LogP contribution >= 0.6 is 0 Å². The van der Waals surface area contributed by atoms with Gasteiger partial charge in [0.2, 0.25) is 0 Å². The Morgan fingerprint density at radius 2 is 1.78 bits per heavy atom. The van der Waals surface area contributed by atoms with Crippen molar-refractivity contribution in [2.24, 2.45) is 0 Å². The Hall–Kier alpha value is -3.48. The molecular weight excluding hydrogens is 344 g/mol. The van der Waals surface area contributed by atoms with E-state index in [-0.39, 0.29) is 5.57 Å². The lowest BCUT2D eigenvalue weighted by molar-refractivity contribution is -0.122. The maximum absolute atomic E-state index is 12.8. The summed E-state index contributed by atoms with van der Waals surface area (Å²) in [7, 11) is 0. The van der Waals surface area contributed by atoms with Crippen molar-refractivity contribution >= 4 is 35.3 Å². The van der Waals surface area contributed by atoms with E-state index in [0.717, 1.165) is 23.7 Å². The standard InChI is InChI=1S/C20H20N4O3/c1-3-23(4-2)15-9-7-14(8-10-15)12-17-18(25)22-20(27)24(19(17)26)16-6-5-11-21-13-16/h5-13H,3-4H2,1-2H3,(H,22,25,27). The highest BCUT2D eigenvalue weighted by atomic mass is 16.2. The molecule has 1 saturated heterocycles. The number of carbonyl (C=O) groups is 3. The maximum Gasteiger partial charge on any atom is 0.336 e. The second kappa shape index (κ2) is 7.82. The van der Waals surface area contributed by atoms with E-state index in [1.807, 2.05) is 24.3 Å². The molecule has 0 aliphatic carbocycles. The van der Waals surface area contributed by atoms with Gasteiger partial charge in [-0.15, -0.1) is 0 Å². The van der Waals surface area contributed by atoms with Gasteiger partial charge in [-0.3, -0.25) is 19.9 Å². The van der Waals surface area contributed by atoms with Gasteiger partial charge in [-0.2, -0.15) is 0 Å². The van der Waals surface area contributed by atoms with Crippen LogP contribution in [0.25, 0.3) is 6.08 Å². The highest BCUT2D eigenvalue weighted by Crippen LogP contribution is 2.22. The fraction of sp³-hybridized carbons (Fsp3) is 0.200. The van der Waals surface area contributed by atoms with E-state index in [1.54, 1.807) is 12.1 Å². The van der Waals surface area contributed by atoms with Crippen LogP contribution in [-0.2, 0) is 9.59 Å². The topological polar surface area (TPSA) is 82.6 Å². The summed E-state index contributed by atoms with van der Waals surface area (Å²) in [5, 5.41) is 2.20. The average molecular weight is 364 g/mol. The van der Waals surface area contributed by atoms with Gasteiger partial charge < -0.3 is 4.90 Å². The average Bonchev–Trinajstić information content (AvgIpc) is 2.68. The van der Waals surface area contributed by atoms with Crippen LogP contribution in [0.4, 0.5) is 16.2 Å². The van der Waals surface area contributed by atoms with Crippen molar-refractivity contribution in [3.05, 3.63) is 59.9 Å². The van der Waals surface area contributed by atoms with Gasteiger partial charge in [0.15, 0.2) is 0 Å². The number of hydrogen-bond acceptors (Lipinski definition) is 5. The molecule has 1 fully saturated rings. The van der Waals surface area contributed by atoms with E-state index in [4.69, 9.17) is 0 Å². The van der Waals surface area contributed by atoms with Crippen molar-refractivity contribution in [1.29, 1.82) is 0 Å². The summed E-state index contributed by atoms with van der Waals surface area (Å²) in [4.78, 5) is 44.1. The number of benzene rings is 1. The Balaban J connectivity index is 1.91. The van der Waals surface area contributed by atoms with Gasteiger partial charge in [-0.05, 0) is 49.8 Å². The summed E-state index contributed by atoms with van der Waals surface area (Å²) in [5.41, 5.74) is 1.96. The van der Waals surface area contributed by atoms with Crippen molar-refractivity contribution in [1.82, 2.24) is 10.3 Å². The third-order valence-electron chi connectivity index (χ3n) is 4.34. The van der Waals surface area contributed by atoms with Gasteiger partial charge in [0.25, 0.3) is 11.8 Å². The third-order valence-corrected chi connectivity index (χ3v) is 4.34. The number of nitrogens with zero attached hydrogens (tertiary/aromatic N) is 3. The second-order valence-corrected chi connectivity index (χ2v) is 5.93. The number of barbiturate groups is 1. The van der Waals surface area contributed by atoms with Gasteiger partial charge in [-0.1, -0.05) is 12.1 Å². The Morgan fingerprint density at radius 3 is 2.37 bits per heavy atom. The van der Waals surface area contributed by atoms with Crippen LogP contribution in [0, 0.1) is 0 Å². The molecule has 1 aromatic carbocycles. The van der Waals surface area contributed by atoms with Gasteiger partial charge in [-0.25, -0.2) is 9.69 Å². The first kappa shape index (κ1) is 18.3. The lowest BCUT2D eigenvalue weighted by Crippen LogP contribution is -2.54. The van der Waals surface area contributed by atoms with E-state index >= 15 is 0 Å². The number of rotatable bonds is 5. The molecule has 0 spiro atoms. The maximum atomic E-state index is 12.8. The minimum atomic E-state index is -0.785. The summed E-state index contributed by atoms with van der Waals surface area (Å²) in [6, 6.07) is 9.96. The first-order chi connectivity index (χ1) is 13.0. The first-order valence-electron chi connectivity index (χ1n) is 8.71. The summed E-state index contributed by atoms with van der Waals surface area (Å²) >= 11 is 0. The van der Waals surface area contributed by atoms with Crippen LogP contribution in [0.15, 0.2) is 54.4 Å². The fourth-order valence-corrected chi connectivity index (χ4v) is 2.91. The molecule has 7 nitrogen and oxygen atoms in total. The first-order valence-corrected chi connectivity index (χ1v) is 8.71. The van der Waals surface area contributed by atoms with Crippen LogP contribution < -0.4 is 15.1 Å². The number of nitrogens with one attached hydrogen (secondary N) is 1. The SMILES string of the molecule is CCN(CC)c1ccc(C=C2C(=O)NC(=O)N(c3cccnc3)C2=O)cc1. The smallest absolute Gasteiger partial charge is 0.336 e. The molecule has 7 heteroatoms. The number of anilines is 2. The molecule has 0 atom stereocenters. The van der Waals surface area contributed by atoms with E-state index in [0.29, 0.717) is 11.3 Å². The predicted molar refractivity (Wildman–Crippen MR) is 103 cm³/mol.